The van der Waals surface area contributed by atoms with Gasteiger partial charge in [-0.3, -0.25) is 10.2 Å². The third kappa shape index (κ3) is 4.89. The maximum absolute atomic E-state index is 11.5. The van der Waals surface area contributed by atoms with E-state index < -0.39 is 5.97 Å². The Bertz CT molecular complexity index is 1530. The molecule has 0 saturated carbocycles. The molecular weight excluding hydrogens is 492 g/mol. The Morgan fingerprint density at radius 2 is 1.89 bits per heavy atom. The van der Waals surface area contributed by atoms with Gasteiger partial charge in [-0.05, 0) is 80.1 Å². The van der Waals surface area contributed by atoms with Crippen molar-refractivity contribution in [1.82, 2.24) is 10.4 Å². The summed E-state index contributed by atoms with van der Waals surface area (Å²) in [4.78, 5) is 27.6. The van der Waals surface area contributed by atoms with Gasteiger partial charge in [0, 0.05) is 18.2 Å². The van der Waals surface area contributed by atoms with E-state index in [1.807, 2.05) is 44.2 Å². The molecule has 2 heterocycles. The molecule has 0 bridgehead atoms. The van der Waals surface area contributed by atoms with Crippen molar-refractivity contribution < 1.29 is 19.4 Å². The minimum Gasteiger partial charge on any atom is -0.494 e. The zero-order valence-corrected chi connectivity index (χ0v) is 21.2. The number of carboxylic acids is 1. The number of hydrazine groups is 2. The van der Waals surface area contributed by atoms with E-state index in [-0.39, 0.29) is 11.5 Å². The molecule has 0 saturated heterocycles. The zero-order valence-electron chi connectivity index (χ0n) is 20.3. The lowest BCUT2D eigenvalue weighted by molar-refractivity contribution is -0.114. The fraction of sp³-hybridized carbons (Fsp3) is 0.154. The Kier molecular flexibility index (Phi) is 6.36. The smallest absolute Gasteiger partial charge is 0.335 e. The number of carbonyl (C=O) groups excluding carboxylic acids is 1. The lowest BCUT2D eigenvalue weighted by atomic mass is 10.1. The molecule has 4 aromatic rings. The van der Waals surface area contributed by atoms with E-state index in [1.54, 1.807) is 40.6 Å². The van der Waals surface area contributed by atoms with Crippen LogP contribution in [0.3, 0.4) is 0 Å². The molecule has 0 atom stereocenters. The molecule has 1 amide bonds. The van der Waals surface area contributed by atoms with Gasteiger partial charge >= 0.3 is 5.97 Å². The van der Waals surface area contributed by atoms with Crippen molar-refractivity contribution in [2.75, 3.05) is 22.2 Å². The number of rotatable bonds is 7. The maximum atomic E-state index is 11.5. The van der Waals surface area contributed by atoms with Crippen LogP contribution in [-0.4, -0.2) is 34.4 Å². The van der Waals surface area contributed by atoms with E-state index in [1.165, 1.54) is 18.3 Å². The molecule has 10 nitrogen and oxygen atoms in total. The predicted octanol–water partition coefficient (Wildman–Crippen LogP) is 4.77. The first kappa shape index (κ1) is 24.1. The summed E-state index contributed by atoms with van der Waals surface area (Å²) in [6.07, 6.45) is 0. The standard InChI is InChI=1S/C26H24N6O4S/c1-4-36-20-10-11-21-23(14-20)37-26(28-21)32-30-24(17-5-8-19(9-6-17)27-16(3)33)29-31(32)22-12-7-18(25(34)35)13-15(22)2/h5-14H,4H2,1-3H3,(H,27,33)(H,29,30)(H,34,35). The van der Waals surface area contributed by atoms with Gasteiger partial charge in [-0.1, -0.05) is 11.3 Å². The lowest BCUT2D eigenvalue weighted by Crippen LogP contribution is -2.44. The molecule has 188 valence electrons. The van der Waals surface area contributed by atoms with Crippen LogP contribution in [0.15, 0.2) is 65.8 Å². The molecule has 1 aliphatic heterocycles. The fourth-order valence-electron chi connectivity index (χ4n) is 3.89. The van der Waals surface area contributed by atoms with Crippen molar-refractivity contribution in [3.63, 3.8) is 0 Å². The molecular formula is C26H24N6O4S. The number of aromatic carboxylic acids is 1. The number of hydrazone groups is 1. The number of hydrogen-bond acceptors (Lipinski definition) is 9. The highest BCUT2D eigenvalue weighted by Gasteiger charge is 2.30. The van der Waals surface area contributed by atoms with Gasteiger partial charge in [0.2, 0.25) is 11.0 Å². The molecule has 0 fully saturated rings. The summed E-state index contributed by atoms with van der Waals surface area (Å²) in [5.41, 5.74) is 7.23. The number of thiazole rings is 1. The van der Waals surface area contributed by atoms with Gasteiger partial charge in [-0.15, -0.1) is 15.3 Å². The van der Waals surface area contributed by atoms with E-state index in [0.29, 0.717) is 28.9 Å². The van der Waals surface area contributed by atoms with Crippen molar-refractivity contribution >= 4 is 55.8 Å². The van der Waals surface area contributed by atoms with Gasteiger partial charge in [-0.2, -0.15) is 0 Å². The molecule has 3 N–H and O–H groups in total. The van der Waals surface area contributed by atoms with Gasteiger partial charge in [0.25, 0.3) is 0 Å². The zero-order chi connectivity index (χ0) is 26.1. The molecule has 1 aromatic heterocycles. The van der Waals surface area contributed by atoms with Crippen LogP contribution >= 0.6 is 11.3 Å². The third-order valence-corrected chi connectivity index (χ3v) is 6.57. The second kappa shape index (κ2) is 9.78. The highest BCUT2D eigenvalue weighted by Crippen LogP contribution is 2.35. The number of fused-ring (bicyclic) bond motifs is 1. The average molecular weight is 517 g/mol. The molecule has 0 unspecified atom stereocenters. The summed E-state index contributed by atoms with van der Waals surface area (Å²) in [7, 11) is 0. The molecule has 0 radical (unpaired) electrons. The van der Waals surface area contributed by atoms with Crippen LogP contribution in [0, 0.1) is 6.92 Å². The summed E-state index contributed by atoms with van der Waals surface area (Å²) in [5.74, 6) is 0.189. The number of carboxylic acid groups (broad SMARTS) is 1. The van der Waals surface area contributed by atoms with Crippen molar-refractivity contribution in [1.29, 1.82) is 0 Å². The summed E-state index contributed by atoms with van der Waals surface area (Å²) in [6, 6.07) is 17.9. The highest BCUT2D eigenvalue weighted by molar-refractivity contribution is 7.22. The number of nitrogens with one attached hydrogen (secondary N) is 2. The molecule has 5 rings (SSSR count). The summed E-state index contributed by atoms with van der Waals surface area (Å²) < 4.78 is 6.59. The van der Waals surface area contributed by atoms with Gasteiger partial charge in [0.05, 0.1) is 28.1 Å². The summed E-state index contributed by atoms with van der Waals surface area (Å²) in [5, 5.41) is 21.0. The normalized spacial score (nSPS) is 12.9. The van der Waals surface area contributed by atoms with E-state index in [0.717, 1.165) is 27.1 Å². The second-order valence-corrected chi connectivity index (χ2v) is 9.29. The Morgan fingerprint density at radius 3 is 2.57 bits per heavy atom. The minimum absolute atomic E-state index is 0.148. The Labute approximate surface area is 216 Å². The van der Waals surface area contributed by atoms with Crippen molar-refractivity contribution in [2.45, 2.75) is 20.8 Å². The number of hydrogen-bond donors (Lipinski definition) is 3. The first-order valence-electron chi connectivity index (χ1n) is 11.5. The van der Waals surface area contributed by atoms with Crippen molar-refractivity contribution in [2.24, 2.45) is 5.10 Å². The number of ether oxygens (including phenoxy) is 1. The number of amidine groups is 1. The fourth-order valence-corrected chi connectivity index (χ4v) is 4.83. The van der Waals surface area contributed by atoms with Gasteiger partial charge in [0.15, 0.2) is 5.84 Å². The number of benzene rings is 3. The van der Waals surface area contributed by atoms with Crippen LogP contribution in [0.4, 0.5) is 16.5 Å². The molecule has 11 heteroatoms. The maximum Gasteiger partial charge on any atom is 0.335 e. The van der Waals surface area contributed by atoms with Crippen LogP contribution < -0.4 is 25.7 Å². The largest absolute Gasteiger partial charge is 0.494 e. The number of amides is 1. The van der Waals surface area contributed by atoms with E-state index in [4.69, 9.17) is 14.8 Å². The predicted molar refractivity (Wildman–Crippen MR) is 144 cm³/mol. The number of aryl methyl sites for hydroxylation is 1. The average Bonchev–Trinajstić information content (AvgIpc) is 3.48. The highest BCUT2D eigenvalue weighted by atomic mass is 32.1. The van der Waals surface area contributed by atoms with E-state index in [9.17, 15) is 14.7 Å². The topological polar surface area (TPSA) is 119 Å². The van der Waals surface area contributed by atoms with Crippen LogP contribution in [0.25, 0.3) is 10.2 Å². The lowest BCUT2D eigenvalue weighted by Gasteiger charge is -2.26. The monoisotopic (exact) mass is 516 g/mol. The first-order valence-corrected chi connectivity index (χ1v) is 12.3. The Balaban J connectivity index is 1.54. The van der Waals surface area contributed by atoms with Gasteiger partial charge < -0.3 is 15.2 Å². The Morgan fingerprint density at radius 1 is 1.11 bits per heavy atom. The number of carbonyl (C=O) groups is 2. The molecule has 3 aromatic carbocycles. The van der Waals surface area contributed by atoms with Crippen molar-refractivity contribution in [3.8, 4) is 5.75 Å². The second-order valence-electron chi connectivity index (χ2n) is 8.29. The number of anilines is 3. The van der Waals surface area contributed by atoms with Crippen molar-refractivity contribution in [3.05, 3.63) is 77.4 Å². The van der Waals surface area contributed by atoms with E-state index >= 15 is 0 Å². The molecule has 0 spiro atoms. The number of nitrogens with zero attached hydrogens (tertiary/aromatic N) is 4. The minimum atomic E-state index is -0.995. The summed E-state index contributed by atoms with van der Waals surface area (Å²) in [6.45, 7) is 5.80. The summed E-state index contributed by atoms with van der Waals surface area (Å²) >= 11 is 1.47. The Hall–Kier alpha value is -4.64. The molecule has 37 heavy (non-hydrogen) atoms. The number of aromatic nitrogens is 1. The first-order chi connectivity index (χ1) is 17.8. The van der Waals surface area contributed by atoms with Crippen LogP contribution in [0.5, 0.6) is 5.75 Å². The quantitative estimate of drug-likeness (QED) is 0.321. The molecule has 0 aliphatic carbocycles. The van der Waals surface area contributed by atoms with Crippen LogP contribution in [-0.2, 0) is 4.79 Å². The van der Waals surface area contributed by atoms with Gasteiger partial charge in [-0.25, -0.2) is 9.78 Å². The third-order valence-electron chi connectivity index (χ3n) is 5.57. The van der Waals surface area contributed by atoms with Crippen LogP contribution in [0.2, 0.25) is 0 Å². The van der Waals surface area contributed by atoms with Gasteiger partial charge in [0.1, 0.15) is 5.75 Å². The van der Waals surface area contributed by atoms with Crippen LogP contribution in [0.1, 0.15) is 35.3 Å². The SMILES string of the molecule is CCOc1ccc2nc(N3NC(c4ccc(NC(C)=O)cc4)=NN3c3ccc(C(=O)O)cc3C)sc2c1. The van der Waals surface area contributed by atoms with E-state index in [2.05, 4.69) is 10.7 Å². The molecule has 1 aliphatic rings.